The van der Waals surface area contributed by atoms with Gasteiger partial charge in [-0.25, -0.2) is 0 Å². The number of anilines is 1. The molecule has 0 saturated heterocycles. The molecule has 0 aliphatic heterocycles. The molecule has 7 heteroatoms. The van der Waals surface area contributed by atoms with E-state index in [9.17, 15) is 9.59 Å². The van der Waals surface area contributed by atoms with Crippen LogP contribution in [0.2, 0.25) is 5.02 Å². The highest BCUT2D eigenvalue weighted by atomic mass is 79.9. The van der Waals surface area contributed by atoms with Gasteiger partial charge in [0, 0.05) is 9.50 Å². The first-order valence-corrected chi connectivity index (χ1v) is 8.37. The average molecular weight is 412 g/mol. The molecule has 24 heavy (non-hydrogen) atoms. The van der Waals surface area contributed by atoms with Gasteiger partial charge in [-0.2, -0.15) is 0 Å². The van der Waals surface area contributed by atoms with E-state index in [2.05, 4.69) is 26.6 Å². The molecule has 0 heterocycles. The van der Waals surface area contributed by atoms with E-state index in [0.717, 1.165) is 4.47 Å². The fourth-order valence-corrected chi connectivity index (χ4v) is 2.35. The van der Waals surface area contributed by atoms with Crippen molar-refractivity contribution in [2.45, 2.75) is 13.0 Å². The van der Waals surface area contributed by atoms with Gasteiger partial charge in [0.1, 0.15) is 5.75 Å². The topological polar surface area (TPSA) is 67.4 Å². The molecule has 126 valence electrons. The molecule has 0 bridgehead atoms. The maximum atomic E-state index is 12.0. The Morgan fingerprint density at radius 2 is 1.83 bits per heavy atom. The van der Waals surface area contributed by atoms with Crippen molar-refractivity contribution in [3.63, 3.8) is 0 Å². The smallest absolute Gasteiger partial charge is 0.261 e. The monoisotopic (exact) mass is 410 g/mol. The number of hydrogen-bond acceptors (Lipinski definition) is 3. The third-order valence-electron chi connectivity index (χ3n) is 3.07. The van der Waals surface area contributed by atoms with Gasteiger partial charge in [-0.15, -0.1) is 0 Å². The van der Waals surface area contributed by atoms with Crippen molar-refractivity contribution < 1.29 is 14.3 Å². The summed E-state index contributed by atoms with van der Waals surface area (Å²) in [6.45, 7) is 1.46. The van der Waals surface area contributed by atoms with Crippen molar-refractivity contribution in [3.8, 4) is 5.75 Å². The Morgan fingerprint density at radius 3 is 2.50 bits per heavy atom. The Hall–Kier alpha value is -2.05. The first-order valence-electron chi connectivity index (χ1n) is 7.20. The van der Waals surface area contributed by atoms with Crippen molar-refractivity contribution in [3.05, 3.63) is 58.0 Å². The molecule has 0 spiro atoms. The van der Waals surface area contributed by atoms with Crippen LogP contribution in [-0.2, 0) is 9.59 Å². The lowest BCUT2D eigenvalue weighted by molar-refractivity contribution is -0.129. The molecule has 0 saturated carbocycles. The van der Waals surface area contributed by atoms with Gasteiger partial charge < -0.3 is 15.4 Å². The summed E-state index contributed by atoms with van der Waals surface area (Å²) in [5, 5.41) is 5.83. The molecule has 2 amide bonds. The second kappa shape index (κ2) is 8.70. The van der Waals surface area contributed by atoms with Crippen LogP contribution in [-0.4, -0.2) is 24.5 Å². The summed E-state index contributed by atoms with van der Waals surface area (Å²) in [5.74, 6) is -0.180. The van der Waals surface area contributed by atoms with E-state index in [1.807, 2.05) is 12.1 Å². The fraction of sp³-hybridized carbons (Fsp3) is 0.176. The highest BCUT2D eigenvalue weighted by molar-refractivity contribution is 9.10. The average Bonchev–Trinajstić information content (AvgIpc) is 2.57. The third-order valence-corrected chi connectivity index (χ3v) is 4.01. The lowest BCUT2D eigenvalue weighted by Gasteiger charge is -2.15. The van der Waals surface area contributed by atoms with Gasteiger partial charge in [-0.3, -0.25) is 9.59 Å². The number of halogens is 2. The summed E-state index contributed by atoms with van der Waals surface area (Å²) in [6.07, 6.45) is -0.734. The molecule has 2 N–H and O–H groups in total. The minimum absolute atomic E-state index is 0.144. The SMILES string of the molecule is CC(Oc1ccc(Cl)cc1)C(=O)NCC(=O)Nc1ccccc1Br. The first kappa shape index (κ1) is 18.3. The second-order valence-electron chi connectivity index (χ2n) is 4.96. The number of nitrogens with one attached hydrogen (secondary N) is 2. The van der Waals surface area contributed by atoms with Gasteiger partial charge in [0.05, 0.1) is 12.2 Å². The van der Waals surface area contributed by atoms with Crippen LogP contribution in [0.1, 0.15) is 6.92 Å². The van der Waals surface area contributed by atoms with Gasteiger partial charge in [0.15, 0.2) is 6.10 Å². The molecular formula is C17H16BrClN2O3. The van der Waals surface area contributed by atoms with E-state index in [4.69, 9.17) is 16.3 Å². The minimum Gasteiger partial charge on any atom is -0.481 e. The Morgan fingerprint density at radius 1 is 1.17 bits per heavy atom. The second-order valence-corrected chi connectivity index (χ2v) is 6.25. The number of para-hydroxylation sites is 1. The standard InChI is InChI=1S/C17H16BrClN2O3/c1-11(24-13-8-6-12(19)7-9-13)17(23)20-10-16(22)21-15-5-3-2-4-14(15)18/h2-9,11H,10H2,1H3,(H,20,23)(H,21,22). The number of carbonyl (C=O) groups is 2. The molecule has 0 aliphatic carbocycles. The summed E-state index contributed by atoms with van der Waals surface area (Å²) in [5.41, 5.74) is 0.641. The van der Waals surface area contributed by atoms with Crippen LogP contribution in [0.25, 0.3) is 0 Å². The van der Waals surface area contributed by atoms with Gasteiger partial charge in [0.2, 0.25) is 5.91 Å². The number of rotatable bonds is 6. The normalized spacial score (nSPS) is 11.5. The molecule has 0 radical (unpaired) electrons. The van der Waals surface area contributed by atoms with Crippen LogP contribution in [0.3, 0.4) is 0 Å². The summed E-state index contributed by atoms with van der Waals surface area (Å²) in [6, 6.07) is 13.9. The van der Waals surface area contributed by atoms with Gasteiger partial charge in [-0.05, 0) is 59.3 Å². The van der Waals surface area contributed by atoms with Crippen molar-refractivity contribution in [2.75, 3.05) is 11.9 Å². The minimum atomic E-state index is -0.734. The molecule has 2 rings (SSSR count). The van der Waals surface area contributed by atoms with Gasteiger partial charge >= 0.3 is 0 Å². The first-order chi connectivity index (χ1) is 11.5. The Bertz CT molecular complexity index is 722. The number of amides is 2. The highest BCUT2D eigenvalue weighted by Crippen LogP contribution is 2.21. The van der Waals surface area contributed by atoms with Crippen LogP contribution < -0.4 is 15.4 Å². The highest BCUT2D eigenvalue weighted by Gasteiger charge is 2.15. The predicted molar refractivity (Wildman–Crippen MR) is 97.3 cm³/mol. The van der Waals surface area contributed by atoms with E-state index >= 15 is 0 Å². The van der Waals surface area contributed by atoms with Crippen molar-refractivity contribution in [2.24, 2.45) is 0 Å². The summed E-state index contributed by atoms with van der Waals surface area (Å²) < 4.78 is 6.26. The summed E-state index contributed by atoms with van der Waals surface area (Å²) in [7, 11) is 0. The number of hydrogen-bond donors (Lipinski definition) is 2. The van der Waals surface area contributed by atoms with E-state index in [-0.39, 0.29) is 18.4 Å². The van der Waals surface area contributed by atoms with Crippen LogP contribution in [0.15, 0.2) is 53.0 Å². The van der Waals surface area contributed by atoms with Crippen LogP contribution in [0.5, 0.6) is 5.75 Å². The Labute approximate surface area is 153 Å². The molecular weight excluding hydrogens is 396 g/mol. The van der Waals surface area contributed by atoms with E-state index in [1.54, 1.807) is 43.3 Å². The zero-order valence-corrected chi connectivity index (χ0v) is 15.2. The maximum Gasteiger partial charge on any atom is 0.261 e. The van der Waals surface area contributed by atoms with E-state index in [0.29, 0.717) is 16.5 Å². The lowest BCUT2D eigenvalue weighted by atomic mass is 10.3. The summed E-state index contributed by atoms with van der Waals surface area (Å²) >= 11 is 9.13. The molecule has 0 aromatic heterocycles. The van der Waals surface area contributed by atoms with Crippen LogP contribution >= 0.6 is 27.5 Å². The van der Waals surface area contributed by atoms with Crippen LogP contribution in [0.4, 0.5) is 5.69 Å². The van der Waals surface area contributed by atoms with E-state index < -0.39 is 6.10 Å². The molecule has 0 fully saturated rings. The fourth-order valence-electron chi connectivity index (χ4n) is 1.84. The van der Waals surface area contributed by atoms with Crippen LogP contribution in [0, 0.1) is 0 Å². The molecule has 2 aromatic carbocycles. The molecule has 2 aromatic rings. The zero-order chi connectivity index (χ0) is 17.5. The van der Waals surface area contributed by atoms with Gasteiger partial charge in [0.25, 0.3) is 5.91 Å². The van der Waals surface area contributed by atoms with E-state index in [1.165, 1.54) is 0 Å². The predicted octanol–water partition coefficient (Wildman–Crippen LogP) is 3.62. The molecule has 1 atom stereocenters. The Kier molecular flexibility index (Phi) is 6.63. The number of carbonyl (C=O) groups excluding carboxylic acids is 2. The van der Waals surface area contributed by atoms with Crippen molar-refractivity contribution in [1.82, 2.24) is 5.32 Å². The Balaban J connectivity index is 1.80. The number of benzene rings is 2. The largest absolute Gasteiger partial charge is 0.481 e. The quantitative estimate of drug-likeness (QED) is 0.763. The third kappa shape index (κ3) is 5.54. The van der Waals surface area contributed by atoms with Gasteiger partial charge in [-0.1, -0.05) is 23.7 Å². The molecule has 5 nitrogen and oxygen atoms in total. The van der Waals surface area contributed by atoms with Crippen molar-refractivity contribution in [1.29, 1.82) is 0 Å². The zero-order valence-electron chi connectivity index (χ0n) is 12.9. The molecule has 0 aliphatic rings. The number of ether oxygens (including phenoxy) is 1. The van der Waals surface area contributed by atoms with Crippen molar-refractivity contribution >= 4 is 45.0 Å². The maximum absolute atomic E-state index is 12.0. The lowest BCUT2D eigenvalue weighted by Crippen LogP contribution is -2.40. The molecule has 1 unspecified atom stereocenters. The summed E-state index contributed by atoms with van der Waals surface area (Å²) in [4.78, 5) is 23.9.